The van der Waals surface area contributed by atoms with Crippen LogP contribution in [0.5, 0.6) is 0 Å². The predicted octanol–water partition coefficient (Wildman–Crippen LogP) is 3.80. The first-order chi connectivity index (χ1) is 20.9. The number of carbonyl (C=O) groups excluding carboxylic acids is 4. The summed E-state index contributed by atoms with van der Waals surface area (Å²) >= 11 is 0. The maximum absolute atomic E-state index is 13.5. The monoisotopic (exact) mass is 610 g/mol. The molecule has 3 saturated heterocycles. The lowest BCUT2D eigenvalue weighted by molar-refractivity contribution is -0.938. The third kappa shape index (κ3) is 8.31. The van der Waals surface area contributed by atoms with Gasteiger partial charge in [0.15, 0.2) is 12.1 Å². The van der Waals surface area contributed by atoms with Gasteiger partial charge in [-0.1, -0.05) is 78.4 Å². The van der Waals surface area contributed by atoms with E-state index in [4.69, 9.17) is 14.6 Å². The molecule has 2 bridgehead atoms. The Morgan fingerprint density at radius 1 is 0.886 bits per heavy atom. The van der Waals surface area contributed by atoms with Crippen molar-refractivity contribution in [1.82, 2.24) is 5.32 Å². The number of piperidine rings is 3. The number of benzene rings is 3. The van der Waals surface area contributed by atoms with Gasteiger partial charge in [-0.3, -0.25) is 9.59 Å². The summed E-state index contributed by atoms with van der Waals surface area (Å²) in [7, 11) is 0. The number of carbonyl (C=O) groups is 4. The van der Waals surface area contributed by atoms with Crippen molar-refractivity contribution in [3.8, 4) is 0 Å². The van der Waals surface area contributed by atoms with Gasteiger partial charge in [0.25, 0.3) is 5.91 Å². The molecule has 1 amide bonds. The number of aryl methyl sites for hydroxylation is 1. The third-order valence-corrected chi connectivity index (χ3v) is 8.07. The number of Topliss-reactive ketones (excluding diaryl/α,β-unsaturated/α-hetero) is 1. The number of halogens is 3. The topological polar surface area (TPSA) is 113 Å². The minimum atomic E-state index is -5.19. The smallest absolute Gasteiger partial charge is 0.430 e. The van der Waals surface area contributed by atoms with E-state index in [1.165, 1.54) is 0 Å². The highest BCUT2D eigenvalue weighted by molar-refractivity contribution is 5.97. The number of ketones is 1. The number of hydrogen-bond donors (Lipinski definition) is 1. The fourth-order valence-corrected chi connectivity index (χ4v) is 5.66. The zero-order valence-electron chi connectivity index (χ0n) is 24.1. The highest BCUT2D eigenvalue weighted by Crippen LogP contribution is 2.36. The van der Waals surface area contributed by atoms with Crippen molar-refractivity contribution in [2.45, 2.75) is 38.1 Å². The molecule has 0 spiro atoms. The summed E-state index contributed by atoms with van der Waals surface area (Å²) in [6.07, 6.45) is -3.63. The van der Waals surface area contributed by atoms with Crippen LogP contribution in [0.4, 0.5) is 13.2 Å². The summed E-state index contributed by atoms with van der Waals surface area (Å²) in [6.45, 7) is 4.84. The van der Waals surface area contributed by atoms with Crippen LogP contribution in [0.15, 0.2) is 84.9 Å². The number of hydrogen-bond acceptors (Lipinski definition) is 6. The number of rotatable bonds is 8. The van der Waals surface area contributed by atoms with Gasteiger partial charge in [-0.25, -0.2) is 4.79 Å². The summed E-state index contributed by atoms with van der Waals surface area (Å²) in [5.41, 5.74) is 2.95. The number of carboxylic acid groups (broad SMARTS) is 1. The maximum atomic E-state index is 13.5. The van der Waals surface area contributed by atoms with Gasteiger partial charge in [0.2, 0.25) is 5.78 Å². The number of amides is 1. The second-order valence-electron chi connectivity index (χ2n) is 11.2. The number of ether oxygens (including phenoxy) is 1. The van der Waals surface area contributed by atoms with Gasteiger partial charge in [-0.05, 0) is 24.6 Å². The van der Waals surface area contributed by atoms with Gasteiger partial charge in [0.05, 0.1) is 13.1 Å². The molecule has 1 unspecified atom stereocenters. The lowest BCUT2D eigenvalue weighted by Gasteiger charge is -2.51. The van der Waals surface area contributed by atoms with Crippen molar-refractivity contribution in [2.75, 3.05) is 26.2 Å². The van der Waals surface area contributed by atoms with Crippen molar-refractivity contribution in [1.29, 1.82) is 0 Å². The Morgan fingerprint density at radius 2 is 1.43 bits per heavy atom. The molecule has 3 aromatic carbocycles. The minimum absolute atomic E-state index is 0.124. The first-order valence-electron chi connectivity index (χ1n) is 14.2. The van der Waals surface area contributed by atoms with E-state index in [9.17, 15) is 27.6 Å². The summed E-state index contributed by atoms with van der Waals surface area (Å²) in [6, 6.07) is 24.9. The number of alkyl halides is 3. The molecule has 0 radical (unpaired) electrons. The number of esters is 1. The van der Waals surface area contributed by atoms with Gasteiger partial charge in [-0.15, -0.1) is 0 Å². The minimum Gasteiger partial charge on any atom is -0.542 e. The molecule has 3 aromatic rings. The first kappa shape index (κ1) is 32.4. The second kappa shape index (κ2) is 13.9. The summed E-state index contributed by atoms with van der Waals surface area (Å²) in [4.78, 5) is 48.4. The van der Waals surface area contributed by atoms with Crippen LogP contribution >= 0.6 is 0 Å². The van der Waals surface area contributed by atoms with Gasteiger partial charge < -0.3 is 24.4 Å². The normalized spacial score (nSPS) is 21.3. The van der Waals surface area contributed by atoms with E-state index in [1.807, 2.05) is 79.7 Å². The summed E-state index contributed by atoms with van der Waals surface area (Å²) in [5.74, 6) is -3.39. The molecule has 2 atom stereocenters. The fourth-order valence-electron chi connectivity index (χ4n) is 5.66. The van der Waals surface area contributed by atoms with Crippen molar-refractivity contribution >= 4 is 23.6 Å². The zero-order chi connectivity index (χ0) is 31.9. The molecule has 3 heterocycles. The Morgan fingerprint density at radius 3 is 1.98 bits per heavy atom. The van der Waals surface area contributed by atoms with E-state index in [-0.39, 0.29) is 23.7 Å². The summed E-state index contributed by atoms with van der Waals surface area (Å²) in [5, 5.41) is 11.7. The van der Waals surface area contributed by atoms with Crippen LogP contribution in [0.25, 0.3) is 0 Å². The van der Waals surface area contributed by atoms with Crippen LogP contribution in [0.3, 0.4) is 0 Å². The van der Waals surface area contributed by atoms with E-state index >= 15 is 0 Å². The number of carboxylic acids is 1. The average molecular weight is 611 g/mol. The van der Waals surface area contributed by atoms with Crippen molar-refractivity contribution < 1.29 is 46.7 Å². The molecule has 0 aliphatic carbocycles. The molecule has 3 aliphatic heterocycles. The molecule has 0 saturated carbocycles. The molecule has 6 rings (SSSR count). The lowest BCUT2D eigenvalue weighted by atomic mass is 9.82. The molecule has 3 fully saturated rings. The number of fused-ring (bicyclic) bond motifs is 3. The molecule has 232 valence electrons. The Hall–Kier alpha value is -4.51. The fraction of sp³-hybridized carbons (Fsp3) is 0.333. The Bertz CT molecular complexity index is 1450. The van der Waals surface area contributed by atoms with Crippen LogP contribution < -0.4 is 10.4 Å². The van der Waals surface area contributed by atoms with Gasteiger partial charge in [0.1, 0.15) is 19.1 Å². The summed E-state index contributed by atoms with van der Waals surface area (Å²) < 4.78 is 38.3. The van der Waals surface area contributed by atoms with Gasteiger partial charge >= 0.3 is 12.1 Å². The molecule has 3 aliphatic rings. The Balaban J connectivity index is 0.000000566. The maximum Gasteiger partial charge on any atom is 0.430 e. The SMILES string of the molecule is Cc1ccc(C(=O)NC(C(=O)O[C@H]2C[N+]3(CC(=O)c4ccccc4)CCC2CC3)c2ccccc2)cc1.O=C([O-])C(F)(F)F. The quantitative estimate of drug-likeness (QED) is 0.236. The van der Waals surface area contributed by atoms with E-state index in [2.05, 4.69) is 5.32 Å². The molecule has 44 heavy (non-hydrogen) atoms. The lowest BCUT2D eigenvalue weighted by Crippen LogP contribution is -2.66. The van der Waals surface area contributed by atoms with Crippen molar-refractivity contribution in [3.05, 3.63) is 107 Å². The molecular weight excluding hydrogens is 577 g/mol. The standard InChI is InChI=1S/C31H32N2O4.C2HF3O2/c1-22-12-14-26(15-13-22)30(35)32-29(25-10-6-3-7-11-25)31(36)37-28-21-33(18-16-24(28)17-19-33)20-27(34)23-8-4-2-5-9-23;3-2(4,5)1(6)7/h2-15,24,28-29H,16-21H2,1H3;(H,6,7)/t24?,28-,29?,33?;/m0./s1. The van der Waals surface area contributed by atoms with E-state index in [1.54, 1.807) is 12.1 Å². The Kier molecular flexibility index (Phi) is 10.2. The molecule has 0 aromatic heterocycles. The molecule has 11 heteroatoms. The molecule has 8 nitrogen and oxygen atoms in total. The third-order valence-electron chi connectivity index (χ3n) is 8.07. The van der Waals surface area contributed by atoms with Gasteiger partial charge in [0, 0.05) is 29.9 Å². The van der Waals surface area contributed by atoms with Crippen LogP contribution in [0.1, 0.15) is 50.7 Å². The second-order valence-corrected chi connectivity index (χ2v) is 11.2. The number of aliphatic carboxylic acids is 1. The largest absolute Gasteiger partial charge is 0.542 e. The van der Waals surface area contributed by atoms with Crippen molar-refractivity contribution in [3.63, 3.8) is 0 Å². The number of nitrogens with one attached hydrogen (secondary N) is 1. The first-order valence-corrected chi connectivity index (χ1v) is 14.2. The Labute approximate surface area is 253 Å². The molecular formula is C33H33F3N2O6. The highest BCUT2D eigenvalue weighted by Gasteiger charge is 2.49. The van der Waals surface area contributed by atoms with E-state index in [0.29, 0.717) is 28.7 Å². The predicted molar refractivity (Wildman–Crippen MR) is 152 cm³/mol. The van der Waals surface area contributed by atoms with Gasteiger partial charge in [-0.2, -0.15) is 13.2 Å². The van der Waals surface area contributed by atoms with Crippen LogP contribution in [-0.4, -0.2) is 66.6 Å². The average Bonchev–Trinajstić information content (AvgIpc) is 3.01. The zero-order valence-corrected chi connectivity index (χ0v) is 24.1. The number of quaternary nitrogens is 1. The van der Waals surface area contributed by atoms with E-state index in [0.717, 1.165) is 37.1 Å². The number of nitrogens with zero attached hydrogens (tertiary/aromatic N) is 1. The van der Waals surface area contributed by atoms with Crippen LogP contribution in [-0.2, 0) is 14.3 Å². The highest BCUT2D eigenvalue weighted by atomic mass is 19.4. The van der Waals surface area contributed by atoms with Crippen LogP contribution in [0.2, 0.25) is 0 Å². The van der Waals surface area contributed by atoms with Crippen molar-refractivity contribution in [2.24, 2.45) is 5.92 Å². The van der Waals surface area contributed by atoms with E-state index < -0.39 is 24.2 Å². The molecule has 1 N–H and O–H groups in total. The van der Waals surface area contributed by atoms with Crippen LogP contribution in [0, 0.1) is 12.8 Å².